The van der Waals surface area contributed by atoms with Crippen molar-refractivity contribution in [1.29, 1.82) is 0 Å². The summed E-state index contributed by atoms with van der Waals surface area (Å²) in [7, 11) is -1.53. The maximum absolute atomic E-state index is 13.6. The highest BCUT2D eigenvalue weighted by atomic mass is 32.2. The molecule has 2 aromatic carbocycles. The van der Waals surface area contributed by atoms with Crippen LogP contribution in [0.2, 0.25) is 0 Å². The van der Waals surface area contributed by atoms with E-state index in [1.54, 1.807) is 7.05 Å². The summed E-state index contributed by atoms with van der Waals surface area (Å²) in [6, 6.07) is 14.4. The number of hydrogen-bond acceptors (Lipinski definition) is 3. The van der Waals surface area contributed by atoms with Crippen molar-refractivity contribution in [2.45, 2.75) is 25.1 Å². The van der Waals surface area contributed by atoms with E-state index in [4.69, 9.17) is 0 Å². The van der Waals surface area contributed by atoms with E-state index < -0.39 is 15.7 Å². The Balaban J connectivity index is 1.87. The molecule has 0 atom stereocenters. The van der Waals surface area contributed by atoms with Gasteiger partial charge in [-0.05, 0) is 41.7 Å². The minimum Gasteiger partial charge on any atom is -0.356 e. The van der Waals surface area contributed by atoms with E-state index >= 15 is 0 Å². The highest BCUT2D eigenvalue weighted by Crippen LogP contribution is 2.14. The van der Waals surface area contributed by atoms with Crippen LogP contribution in [0.25, 0.3) is 0 Å². The molecule has 0 aromatic heterocycles. The van der Waals surface area contributed by atoms with Crippen LogP contribution in [-0.2, 0) is 28.6 Å². The van der Waals surface area contributed by atoms with Gasteiger partial charge >= 0.3 is 0 Å². The van der Waals surface area contributed by atoms with E-state index in [-0.39, 0.29) is 5.75 Å². The van der Waals surface area contributed by atoms with Crippen molar-refractivity contribution in [2.24, 2.45) is 4.99 Å². The number of hydrogen-bond donors (Lipinski definition) is 2. The summed E-state index contributed by atoms with van der Waals surface area (Å²) in [5.74, 6) is 0.0837. The average Bonchev–Trinajstić information content (AvgIpc) is 2.63. The van der Waals surface area contributed by atoms with E-state index in [2.05, 4.69) is 27.8 Å². The molecule has 0 aliphatic rings. The summed E-state index contributed by atoms with van der Waals surface area (Å²) in [5.41, 5.74) is 2.48. The lowest BCUT2D eigenvalue weighted by Gasteiger charge is -2.14. The SMILES string of the molecule is CN=C(NCCCc1ccccc1)NCc1cc(F)ccc1CS(C)(=O)=O. The van der Waals surface area contributed by atoms with Crippen LogP contribution in [0.15, 0.2) is 53.5 Å². The first-order chi connectivity index (χ1) is 12.9. The second-order valence-corrected chi connectivity index (χ2v) is 8.56. The predicted molar refractivity (Wildman–Crippen MR) is 108 cm³/mol. The summed E-state index contributed by atoms with van der Waals surface area (Å²) in [6.45, 7) is 1.04. The van der Waals surface area contributed by atoms with Gasteiger partial charge in [-0.3, -0.25) is 4.99 Å². The molecule has 7 heteroatoms. The average molecular weight is 392 g/mol. The van der Waals surface area contributed by atoms with Crippen LogP contribution in [-0.4, -0.2) is 34.2 Å². The van der Waals surface area contributed by atoms with Crippen LogP contribution in [0.4, 0.5) is 4.39 Å². The number of nitrogens with zero attached hydrogens (tertiary/aromatic N) is 1. The van der Waals surface area contributed by atoms with Gasteiger partial charge in [0.1, 0.15) is 5.82 Å². The molecule has 0 radical (unpaired) electrons. The molecule has 0 saturated carbocycles. The highest BCUT2D eigenvalue weighted by molar-refractivity contribution is 7.89. The standard InChI is InChI=1S/C20H26FN3O2S/c1-22-20(23-12-6-9-16-7-4-3-5-8-16)24-14-18-13-19(21)11-10-17(18)15-27(2,25)26/h3-5,7-8,10-11,13H,6,9,12,14-15H2,1-2H3,(H2,22,23,24). The van der Waals surface area contributed by atoms with Crippen LogP contribution in [0.1, 0.15) is 23.1 Å². The normalized spacial score (nSPS) is 12.0. The largest absolute Gasteiger partial charge is 0.356 e. The zero-order valence-electron chi connectivity index (χ0n) is 15.7. The van der Waals surface area contributed by atoms with Gasteiger partial charge < -0.3 is 10.6 Å². The molecule has 0 heterocycles. The molecule has 0 spiro atoms. The van der Waals surface area contributed by atoms with Crippen molar-refractivity contribution in [2.75, 3.05) is 19.8 Å². The van der Waals surface area contributed by atoms with Crippen molar-refractivity contribution >= 4 is 15.8 Å². The molecule has 2 N–H and O–H groups in total. The summed E-state index contributed by atoms with van der Waals surface area (Å²) >= 11 is 0. The number of aryl methyl sites for hydroxylation is 1. The summed E-state index contributed by atoms with van der Waals surface area (Å²) in [6.07, 6.45) is 3.08. The van der Waals surface area contributed by atoms with Crippen molar-refractivity contribution < 1.29 is 12.8 Å². The van der Waals surface area contributed by atoms with E-state index in [1.165, 1.54) is 30.0 Å². The quantitative estimate of drug-likeness (QED) is 0.412. The fraction of sp³-hybridized carbons (Fsp3) is 0.350. The number of rotatable bonds is 8. The van der Waals surface area contributed by atoms with Crippen LogP contribution in [0.3, 0.4) is 0 Å². The maximum Gasteiger partial charge on any atom is 0.191 e. The van der Waals surface area contributed by atoms with E-state index in [0.29, 0.717) is 23.6 Å². The highest BCUT2D eigenvalue weighted by Gasteiger charge is 2.11. The molecular weight excluding hydrogens is 365 g/mol. The van der Waals surface area contributed by atoms with Gasteiger partial charge in [-0.1, -0.05) is 36.4 Å². The Kier molecular flexibility index (Phi) is 7.79. The van der Waals surface area contributed by atoms with Crippen LogP contribution >= 0.6 is 0 Å². The number of aliphatic imine (C=N–C) groups is 1. The lowest BCUT2D eigenvalue weighted by atomic mass is 10.1. The molecule has 27 heavy (non-hydrogen) atoms. The van der Waals surface area contributed by atoms with Gasteiger partial charge in [0.2, 0.25) is 0 Å². The van der Waals surface area contributed by atoms with Crippen molar-refractivity contribution in [3.63, 3.8) is 0 Å². The fourth-order valence-corrected chi connectivity index (χ4v) is 3.57. The van der Waals surface area contributed by atoms with E-state index in [9.17, 15) is 12.8 Å². The first kappa shape index (κ1) is 20.9. The second kappa shape index (κ2) is 10.1. The minimum absolute atomic E-state index is 0.118. The smallest absolute Gasteiger partial charge is 0.191 e. The Hall–Kier alpha value is -2.41. The molecule has 0 saturated heterocycles. The lowest BCUT2D eigenvalue weighted by Crippen LogP contribution is -2.37. The fourth-order valence-electron chi connectivity index (χ4n) is 2.73. The van der Waals surface area contributed by atoms with Gasteiger partial charge in [0.05, 0.1) is 5.75 Å². The molecule has 0 amide bonds. The molecule has 146 valence electrons. The third kappa shape index (κ3) is 7.78. The molecule has 0 unspecified atom stereocenters. The van der Waals surface area contributed by atoms with Gasteiger partial charge in [0.15, 0.2) is 15.8 Å². The number of sulfone groups is 1. The topological polar surface area (TPSA) is 70.6 Å². The number of benzene rings is 2. The summed E-state index contributed by atoms with van der Waals surface area (Å²) in [4.78, 5) is 4.16. The van der Waals surface area contributed by atoms with Crippen molar-refractivity contribution in [1.82, 2.24) is 10.6 Å². The molecule has 0 bridgehead atoms. The molecule has 0 aliphatic carbocycles. The predicted octanol–water partition coefficient (Wildman–Crippen LogP) is 2.67. The molecule has 0 fully saturated rings. The molecule has 2 aromatic rings. The Morgan fingerprint density at radius 3 is 2.48 bits per heavy atom. The third-order valence-corrected chi connectivity index (χ3v) is 4.87. The van der Waals surface area contributed by atoms with Crippen molar-refractivity contribution in [3.8, 4) is 0 Å². The molecule has 2 rings (SSSR count). The number of guanidine groups is 1. The Morgan fingerprint density at radius 1 is 1.07 bits per heavy atom. The van der Waals surface area contributed by atoms with Gasteiger partial charge in [-0.2, -0.15) is 0 Å². The Bertz CT molecular complexity index is 868. The maximum atomic E-state index is 13.6. The third-order valence-electron chi connectivity index (χ3n) is 4.03. The Morgan fingerprint density at radius 2 is 1.81 bits per heavy atom. The van der Waals surface area contributed by atoms with Crippen molar-refractivity contribution in [3.05, 3.63) is 71.0 Å². The first-order valence-electron chi connectivity index (χ1n) is 8.81. The van der Waals surface area contributed by atoms with Gasteiger partial charge in [-0.15, -0.1) is 0 Å². The lowest BCUT2D eigenvalue weighted by molar-refractivity contribution is 0.599. The number of nitrogens with one attached hydrogen (secondary N) is 2. The first-order valence-corrected chi connectivity index (χ1v) is 10.9. The van der Waals surface area contributed by atoms with Gasteiger partial charge in [0, 0.05) is 26.4 Å². The molecule has 0 aliphatic heterocycles. The molecule has 5 nitrogen and oxygen atoms in total. The zero-order valence-corrected chi connectivity index (χ0v) is 16.5. The van der Waals surface area contributed by atoms with E-state index in [1.807, 2.05) is 18.2 Å². The zero-order chi connectivity index (χ0) is 19.7. The van der Waals surface area contributed by atoms with Gasteiger partial charge in [-0.25, -0.2) is 12.8 Å². The van der Waals surface area contributed by atoms with Crippen LogP contribution in [0.5, 0.6) is 0 Å². The van der Waals surface area contributed by atoms with Crippen LogP contribution in [0, 0.1) is 5.82 Å². The molecular formula is C20H26FN3O2S. The van der Waals surface area contributed by atoms with Crippen LogP contribution < -0.4 is 10.6 Å². The van der Waals surface area contributed by atoms with E-state index in [0.717, 1.165) is 19.4 Å². The Labute approximate surface area is 160 Å². The van der Waals surface area contributed by atoms with Gasteiger partial charge in [0.25, 0.3) is 0 Å². The number of halogens is 1. The minimum atomic E-state index is -3.20. The monoisotopic (exact) mass is 391 g/mol. The summed E-state index contributed by atoms with van der Waals surface area (Å²) < 4.78 is 36.7. The summed E-state index contributed by atoms with van der Waals surface area (Å²) in [5, 5.41) is 6.33. The second-order valence-electron chi connectivity index (χ2n) is 6.42.